The molecule has 0 radical (unpaired) electrons. The van der Waals surface area contributed by atoms with Gasteiger partial charge in [-0.1, -0.05) is 0 Å². The van der Waals surface area contributed by atoms with E-state index in [1.807, 2.05) is 0 Å². The van der Waals surface area contributed by atoms with Gasteiger partial charge in [0, 0.05) is 26.0 Å². The van der Waals surface area contributed by atoms with Gasteiger partial charge in [0.1, 0.15) is 12.2 Å². The van der Waals surface area contributed by atoms with Crippen LogP contribution in [0.25, 0.3) is 0 Å². The maximum Gasteiger partial charge on any atom is 0.325 e. The largest absolute Gasteiger partial charge is 0.465 e. The number of ether oxygens (including phenoxy) is 1. The van der Waals surface area contributed by atoms with Gasteiger partial charge in [0.2, 0.25) is 0 Å². The van der Waals surface area contributed by atoms with E-state index in [9.17, 15) is 9.59 Å². The zero-order valence-corrected chi connectivity index (χ0v) is 10.8. The van der Waals surface area contributed by atoms with Crippen LogP contribution < -0.4 is 5.32 Å². The Labute approximate surface area is 106 Å². The quantitative estimate of drug-likeness (QED) is 0.782. The van der Waals surface area contributed by atoms with Crippen LogP contribution in [0.3, 0.4) is 0 Å². The molecule has 0 bridgehead atoms. The van der Waals surface area contributed by atoms with E-state index in [1.165, 1.54) is 11.1 Å². The first kappa shape index (κ1) is 14.0. The number of hydrogen-bond acceptors (Lipinski definition) is 5. The summed E-state index contributed by atoms with van der Waals surface area (Å²) in [5.41, 5.74) is 0.983. The number of anilines is 1. The molecule has 0 saturated heterocycles. The molecule has 18 heavy (non-hydrogen) atoms. The Morgan fingerprint density at radius 2 is 2.17 bits per heavy atom. The highest BCUT2D eigenvalue weighted by molar-refractivity contribution is 5.92. The van der Waals surface area contributed by atoms with Crippen molar-refractivity contribution in [1.29, 1.82) is 0 Å². The van der Waals surface area contributed by atoms with Crippen molar-refractivity contribution in [1.82, 2.24) is 9.88 Å². The third-order valence-corrected chi connectivity index (χ3v) is 2.13. The molecule has 1 rings (SSSR count). The van der Waals surface area contributed by atoms with Gasteiger partial charge in [0.25, 0.3) is 5.91 Å². The molecule has 0 fully saturated rings. The number of amides is 1. The number of carbonyl (C=O) groups excluding carboxylic acids is 2. The second-order valence-electron chi connectivity index (χ2n) is 3.79. The van der Waals surface area contributed by atoms with E-state index in [4.69, 9.17) is 4.74 Å². The minimum atomic E-state index is -0.338. The molecule has 1 aromatic heterocycles. The highest BCUT2D eigenvalue weighted by atomic mass is 16.5. The van der Waals surface area contributed by atoms with Crippen LogP contribution in [0.4, 0.5) is 5.69 Å². The summed E-state index contributed by atoms with van der Waals surface area (Å²) in [5.74, 6) is -0.524. The number of rotatable bonds is 5. The molecular weight excluding hydrogens is 234 g/mol. The van der Waals surface area contributed by atoms with Crippen LogP contribution in [0.1, 0.15) is 17.4 Å². The number of nitrogens with one attached hydrogen (secondary N) is 1. The third kappa shape index (κ3) is 4.04. The molecule has 0 spiro atoms. The minimum absolute atomic E-state index is 0.0629. The first-order valence-corrected chi connectivity index (χ1v) is 5.61. The molecule has 0 atom stereocenters. The number of aromatic nitrogens is 1. The summed E-state index contributed by atoms with van der Waals surface area (Å²) in [6, 6.07) is 3.28. The maximum atomic E-state index is 11.7. The van der Waals surface area contributed by atoms with Crippen LogP contribution in [-0.4, -0.2) is 49.0 Å². The van der Waals surface area contributed by atoms with Gasteiger partial charge in [0.05, 0.1) is 6.61 Å². The van der Waals surface area contributed by atoms with Crippen LogP contribution in [0.15, 0.2) is 18.3 Å². The fourth-order valence-corrected chi connectivity index (χ4v) is 1.27. The molecule has 6 nitrogen and oxygen atoms in total. The zero-order chi connectivity index (χ0) is 13.5. The van der Waals surface area contributed by atoms with Crippen molar-refractivity contribution < 1.29 is 14.3 Å². The lowest BCUT2D eigenvalue weighted by molar-refractivity contribution is -0.140. The van der Waals surface area contributed by atoms with Crippen molar-refractivity contribution in [3.8, 4) is 0 Å². The first-order chi connectivity index (χ1) is 8.54. The SMILES string of the molecule is CCOC(=O)CNc1ccnc(C(=O)N(C)C)c1. The van der Waals surface area contributed by atoms with E-state index >= 15 is 0 Å². The normalized spacial score (nSPS) is 9.72. The summed E-state index contributed by atoms with van der Waals surface area (Å²) in [5, 5.41) is 2.88. The zero-order valence-electron chi connectivity index (χ0n) is 10.8. The predicted octanol–water partition coefficient (Wildman–Crippen LogP) is 0.758. The number of hydrogen-bond donors (Lipinski definition) is 1. The van der Waals surface area contributed by atoms with E-state index in [0.29, 0.717) is 18.0 Å². The van der Waals surface area contributed by atoms with E-state index in [-0.39, 0.29) is 18.4 Å². The molecular formula is C12H17N3O3. The molecule has 1 aromatic rings. The summed E-state index contributed by atoms with van der Waals surface area (Å²) in [6.07, 6.45) is 1.52. The lowest BCUT2D eigenvalue weighted by atomic mass is 10.3. The van der Waals surface area contributed by atoms with Crippen LogP contribution in [0, 0.1) is 0 Å². The van der Waals surface area contributed by atoms with Gasteiger partial charge in [-0.15, -0.1) is 0 Å². The van der Waals surface area contributed by atoms with Crippen LogP contribution in [0.5, 0.6) is 0 Å². The van der Waals surface area contributed by atoms with Crippen molar-refractivity contribution in [3.05, 3.63) is 24.0 Å². The van der Waals surface area contributed by atoms with Gasteiger partial charge in [-0.3, -0.25) is 14.6 Å². The Morgan fingerprint density at radius 1 is 1.44 bits per heavy atom. The van der Waals surface area contributed by atoms with Gasteiger partial charge in [-0.05, 0) is 19.1 Å². The molecule has 6 heteroatoms. The molecule has 1 amide bonds. The predicted molar refractivity (Wildman–Crippen MR) is 67.4 cm³/mol. The van der Waals surface area contributed by atoms with Crippen LogP contribution in [-0.2, 0) is 9.53 Å². The lowest BCUT2D eigenvalue weighted by Crippen LogP contribution is -2.23. The third-order valence-electron chi connectivity index (χ3n) is 2.13. The summed E-state index contributed by atoms with van der Waals surface area (Å²) < 4.78 is 4.79. The molecule has 0 aliphatic carbocycles. The van der Waals surface area contributed by atoms with Gasteiger partial charge in [-0.2, -0.15) is 0 Å². The van der Waals surface area contributed by atoms with Crippen molar-refractivity contribution in [2.75, 3.05) is 32.6 Å². The Morgan fingerprint density at radius 3 is 2.78 bits per heavy atom. The van der Waals surface area contributed by atoms with Crippen molar-refractivity contribution >= 4 is 17.6 Å². The van der Waals surface area contributed by atoms with Crippen molar-refractivity contribution in [2.24, 2.45) is 0 Å². The summed E-state index contributed by atoms with van der Waals surface area (Å²) in [4.78, 5) is 28.3. The number of carbonyl (C=O) groups is 2. The van der Waals surface area contributed by atoms with E-state index < -0.39 is 0 Å². The molecule has 1 N–H and O–H groups in total. The summed E-state index contributed by atoms with van der Waals surface area (Å²) in [6.45, 7) is 2.16. The Balaban J connectivity index is 2.65. The monoisotopic (exact) mass is 251 g/mol. The molecule has 0 unspecified atom stereocenters. The molecule has 1 heterocycles. The fourth-order valence-electron chi connectivity index (χ4n) is 1.27. The van der Waals surface area contributed by atoms with E-state index in [2.05, 4.69) is 10.3 Å². The highest BCUT2D eigenvalue weighted by Crippen LogP contribution is 2.08. The van der Waals surface area contributed by atoms with E-state index in [1.54, 1.807) is 33.2 Å². The average Bonchev–Trinajstić information content (AvgIpc) is 2.36. The Bertz CT molecular complexity index is 432. The average molecular weight is 251 g/mol. The molecule has 0 aliphatic heterocycles. The number of esters is 1. The smallest absolute Gasteiger partial charge is 0.325 e. The standard InChI is InChI=1S/C12H17N3O3/c1-4-18-11(16)8-14-9-5-6-13-10(7-9)12(17)15(2)3/h5-7H,4,8H2,1-3H3,(H,13,14). The highest BCUT2D eigenvalue weighted by Gasteiger charge is 2.10. The van der Waals surface area contributed by atoms with E-state index in [0.717, 1.165) is 0 Å². The summed E-state index contributed by atoms with van der Waals surface area (Å²) >= 11 is 0. The molecule has 98 valence electrons. The second-order valence-corrected chi connectivity index (χ2v) is 3.79. The fraction of sp³-hybridized carbons (Fsp3) is 0.417. The molecule has 0 saturated carbocycles. The minimum Gasteiger partial charge on any atom is -0.465 e. The summed E-state index contributed by atoms with van der Waals surface area (Å²) in [7, 11) is 3.31. The van der Waals surface area contributed by atoms with Gasteiger partial charge < -0.3 is 15.0 Å². The maximum absolute atomic E-state index is 11.7. The number of pyridine rings is 1. The van der Waals surface area contributed by atoms with Gasteiger partial charge in [-0.25, -0.2) is 0 Å². The lowest BCUT2D eigenvalue weighted by Gasteiger charge is -2.11. The van der Waals surface area contributed by atoms with Gasteiger partial charge in [0.15, 0.2) is 0 Å². The molecule has 0 aliphatic rings. The van der Waals surface area contributed by atoms with Crippen molar-refractivity contribution in [3.63, 3.8) is 0 Å². The molecule has 0 aromatic carbocycles. The topological polar surface area (TPSA) is 71.5 Å². The second kappa shape index (κ2) is 6.58. The van der Waals surface area contributed by atoms with Crippen LogP contribution in [0.2, 0.25) is 0 Å². The first-order valence-electron chi connectivity index (χ1n) is 5.61. The Kier molecular flexibility index (Phi) is 5.10. The number of nitrogens with zero attached hydrogens (tertiary/aromatic N) is 2. The van der Waals surface area contributed by atoms with Crippen molar-refractivity contribution in [2.45, 2.75) is 6.92 Å². The van der Waals surface area contributed by atoms with Gasteiger partial charge >= 0.3 is 5.97 Å². The Hall–Kier alpha value is -2.11. The van der Waals surface area contributed by atoms with Crippen LogP contribution >= 0.6 is 0 Å².